The van der Waals surface area contributed by atoms with Crippen LogP contribution in [0.2, 0.25) is 0 Å². The Balaban J connectivity index is 0.0000102. The molecule has 0 spiro atoms. The van der Waals surface area contributed by atoms with Crippen LogP contribution in [0, 0.1) is 0 Å². The quantitative estimate of drug-likeness (QED) is 0.0181. The number of rotatable bonds is 48. The smallest absolute Gasteiger partial charge is 0.735 e. The second kappa shape index (κ2) is 66.0. The maximum atomic E-state index is 14.3. The van der Waals surface area contributed by atoms with Crippen LogP contribution in [0.5, 0.6) is 0 Å². The van der Waals surface area contributed by atoms with Crippen molar-refractivity contribution in [3.8, 4) is 0 Å². The van der Waals surface area contributed by atoms with Gasteiger partial charge in [-0.05, 0) is 33.4 Å². The fourth-order valence-corrected chi connectivity index (χ4v) is 18.2. The van der Waals surface area contributed by atoms with Crippen molar-refractivity contribution in [1.82, 2.24) is 14.2 Å². The fraction of sp³-hybridized carbons (Fsp3) is 0.479. The molecule has 70 heteroatoms. The maximum absolute atomic E-state index is 14.3. The van der Waals surface area contributed by atoms with Crippen molar-refractivity contribution < 1.29 is 516 Å². The van der Waals surface area contributed by atoms with Gasteiger partial charge >= 0.3 is 296 Å². The molecule has 0 unspecified atom stereocenters. The van der Waals surface area contributed by atoms with Gasteiger partial charge in [-0.25, -0.2) is 81.5 Å². The Morgan fingerprint density at radius 3 is 0.769 bits per heavy atom. The zero-order valence-corrected chi connectivity index (χ0v) is 104. The van der Waals surface area contributed by atoms with Crippen molar-refractivity contribution in [3.63, 3.8) is 0 Å². The third kappa shape index (κ3) is 47.2. The van der Waals surface area contributed by atoms with Crippen LogP contribution in [0.15, 0.2) is 182 Å². The van der Waals surface area contributed by atoms with E-state index in [0.29, 0.717) is 11.1 Å². The maximum Gasteiger partial charge on any atom is 1.00 e. The normalized spacial score (nSPS) is 27.9. The number of carbonyl (C=O) groups excluding carboxylic acids is 2. The minimum atomic E-state index is -6.75. The first kappa shape index (κ1) is 144. The Bertz CT molecular complexity index is 5810. The molecular weight excluding hydrogens is 2190 g/mol. The number of ether oxygens (including phenoxy) is 16. The predicted molar refractivity (Wildman–Crippen MR) is 416 cm³/mol. The molecule has 25 atom stereocenters. The minimum absolute atomic E-state index is 0. The van der Waals surface area contributed by atoms with E-state index in [-0.39, 0.29) is 318 Å². The number of carboxylic acid groups (broad SMARTS) is 2. The van der Waals surface area contributed by atoms with Crippen LogP contribution in [0.3, 0.4) is 0 Å². The number of methoxy groups -OCH3 is 1. The van der Waals surface area contributed by atoms with Crippen molar-refractivity contribution >= 4 is 94.8 Å². The third-order valence-corrected chi connectivity index (χ3v) is 23.8. The second-order valence-electron chi connectivity index (χ2n) is 29.1. The summed E-state index contributed by atoms with van der Waals surface area (Å²) >= 11 is 0. The van der Waals surface area contributed by atoms with E-state index in [2.05, 4.69) is 12.5 Å². The third-order valence-electron chi connectivity index (χ3n) is 19.9. The minimum Gasteiger partial charge on any atom is -0.735 e. The summed E-state index contributed by atoms with van der Waals surface area (Å²) in [4.78, 5) is 28.4. The van der Waals surface area contributed by atoms with Gasteiger partial charge in [0.1, 0.15) is 116 Å². The molecular formula is C73H79N3Na10O49S8. The molecule has 5 aliphatic heterocycles. The summed E-state index contributed by atoms with van der Waals surface area (Å²) in [5, 5.41) is 28.4. The molecule has 0 amide bonds. The molecule has 11 rings (SSSR count). The summed E-state index contributed by atoms with van der Waals surface area (Å²) in [6.07, 6.45) is -60.3. The van der Waals surface area contributed by atoms with E-state index in [9.17, 15) is 124 Å². The SMILES string of the molecule is CO[C@H]1O[C@H](COS(=O)(=O)[O-])[C@@H](O[C@@H]2O[C@@H](C(=O)[O-])[C@@H](O[C@H]3O[C@H](COS(=O)(=O)[O-])[C@@H](O[C@@H]4O[C@H](C(=O)[O-])[C@@H](O[C@H]5O[C@H](COS(=O)(=O)[O-])[C@@H](OCc6ccccc6)[C@H](OCc6ccccc6)[C@H]5NS(=O)(=O)[O-])[C@H](OCc5ccccc5)[C@H]4OCc4ccccc4)[C@H](OS(=O)(=O)[O-])[C@H]3NS(=O)(=O)[O-])[C@H](OCc3ccccc3)[C@H]2OS(=O)(=O)[O-])[C@H](OCc2ccccc2)[C@H]1NS(=O)(=O)[O-].[Na+].[Na+].[Na+].[Na+].[Na+].[Na+].[Na+].[Na+].[Na+].[Na+]. The standard InChI is InChI=1S/C73H89N3O49S8.10Na/c1-105-69-50(74-126(81,82)83)57(108-34-43-24-12-4-13-25-43)54(48(115-69)39-113-130(93,94)95)118-73-66(125-133(102,103)104)60(110-36-45-28-16-6-17-29-45)62(64(123-73)68(79)80)121-71-52(76-128(87,88)89)58(124-132(99,100)101)55(49(117-71)40-114-131(96,97)98)119-72-65(111-37-46-30-18-7-19-31-46)59(109-35-44-26-14-5-15-27-44)61(63(122-72)67(77)78)120-70-51(75-127(84,85)86)56(107-33-42-22-10-3-11-23-42)53(47(116-70)38-112-129(90,91)92)106-32-41-20-8-2-9-21-41;;;;;;;;;;/h2-31,47-66,69-76H,32-40H2,1H3,(H,77,78)(H,79,80)(H,81,82,83)(H,84,85,86)(H,87,88,89)(H,90,91,92)(H,93,94,95)(H,96,97,98)(H,99,100,101)(H,102,103,104);;;;;;;;;;/q;10*+1/p-10/t47-,48-,49-,50-,51-,52-,53-,54-,55-,56-,57-,58-,59+,60+,61+,62+,63+,64-,65-,66-,69+,70-,71-,72-,73-;;;;;;;;;;/m1........../s1. The van der Waals surface area contributed by atoms with Gasteiger partial charge in [-0.15, -0.1) is 0 Å². The number of carbonyl (C=O) groups is 2. The zero-order chi connectivity index (χ0) is 96.6. The number of carboxylic acids is 2. The van der Waals surface area contributed by atoms with Gasteiger partial charge in [0.15, 0.2) is 68.5 Å². The van der Waals surface area contributed by atoms with E-state index in [1.54, 1.807) is 33.7 Å². The van der Waals surface area contributed by atoms with Crippen LogP contribution >= 0.6 is 0 Å². The molecule has 3 N–H and O–H groups in total. The van der Waals surface area contributed by atoms with Gasteiger partial charge in [0, 0.05) is 7.11 Å². The molecule has 0 saturated carbocycles. The average Bonchev–Trinajstić information content (AvgIpc) is 0.747. The molecule has 143 heavy (non-hydrogen) atoms. The number of hydrogen-bond acceptors (Lipinski definition) is 49. The van der Waals surface area contributed by atoms with Crippen LogP contribution in [0.1, 0.15) is 33.4 Å². The van der Waals surface area contributed by atoms with Gasteiger partial charge in [-0.3, -0.25) is 20.9 Å². The Morgan fingerprint density at radius 2 is 0.490 bits per heavy atom. The van der Waals surface area contributed by atoms with Crippen molar-refractivity contribution in [3.05, 3.63) is 215 Å². The summed E-state index contributed by atoms with van der Waals surface area (Å²) in [5.41, 5.74) is 1.04. The number of hydrogen-bond donors (Lipinski definition) is 3. The van der Waals surface area contributed by atoms with Crippen LogP contribution < -0.4 is 320 Å². The largest absolute Gasteiger partial charge is 1.00 e. The topological polar surface area (TPSA) is 768 Å². The molecule has 0 bridgehead atoms. The van der Waals surface area contributed by atoms with Crippen molar-refractivity contribution in [2.45, 2.75) is 193 Å². The monoisotopic (exact) mass is 2270 g/mol. The Hall–Kier alpha value is 2.58. The van der Waals surface area contributed by atoms with E-state index < -0.39 is 308 Å². The predicted octanol–water partition coefficient (Wildman–Crippen LogP) is -35.8. The van der Waals surface area contributed by atoms with Crippen molar-refractivity contribution in [2.24, 2.45) is 0 Å². The molecule has 5 saturated heterocycles. The summed E-state index contributed by atoms with van der Waals surface area (Å²) in [7, 11) is -48.7. The van der Waals surface area contributed by atoms with Gasteiger partial charge in [0.25, 0.3) is 0 Å². The van der Waals surface area contributed by atoms with Gasteiger partial charge in [-0.1, -0.05) is 182 Å². The molecule has 6 aromatic carbocycles. The zero-order valence-electron chi connectivity index (χ0n) is 77.9. The fourth-order valence-electron chi connectivity index (χ4n) is 14.6. The molecule has 6 aromatic rings. The van der Waals surface area contributed by atoms with Crippen LogP contribution in [-0.2, 0) is 229 Å². The Morgan fingerprint density at radius 1 is 0.266 bits per heavy atom. The molecule has 5 fully saturated rings. The van der Waals surface area contributed by atoms with Crippen molar-refractivity contribution in [2.75, 3.05) is 26.9 Å². The summed E-state index contributed by atoms with van der Waals surface area (Å²) < 4.78 is 437. The molecule has 0 aromatic heterocycles. The van der Waals surface area contributed by atoms with Crippen LogP contribution in [0.4, 0.5) is 0 Å². The van der Waals surface area contributed by atoms with Gasteiger partial charge in [-0.2, -0.15) is 0 Å². The first-order valence-corrected chi connectivity index (χ1v) is 49.4. The van der Waals surface area contributed by atoms with E-state index in [0.717, 1.165) is 7.11 Å². The van der Waals surface area contributed by atoms with Crippen LogP contribution in [-0.4, -0.2) is 296 Å². The molecule has 5 heterocycles. The number of nitrogens with one attached hydrogen (secondary N) is 3. The van der Waals surface area contributed by atoms with E-state index in [1.165, 1.54) is 162 Å². The molecule has 52 nitrogen and oxygen atoms in total. The molecule has 5 aliphatic rings. The van der Waals surface area contributed by atoms with Gasteiger partial charge in [0.2, 0.25) is 52.0 Å². The summed E-state index contributed by atoms with van der Waals surface area (Å²) in [6, 6.07) is 35.2. The summed E-state index contributed by atoms with van der Waals surface area (Å²) in [6.45, 7) is -9.51. The molecule has 738 valence electrons. The van der Waals surface area contributed by atoms with Gasteiger partial charge in [0.05, 0.1) is 71.4 Å². The van der Waals surface area contributed by atoms with E-state index in [1.807, 2.05) is 0 Å². The number of benzene rings is 6. The summed E-state index contributed by atoms with van der Waals surface area (Å²) in [5.74, 6) is -5.20. The Kier molecular flexibility index (Phi) is 66.2. The average molecular weight is 2270 g/mol. The first-order valence-electron chi connectivity index (χ1n) is 38.6. The van der Waals surface area contributed by atoms with Crippen molar-refractivity contribution in [1.29, 1.82) is 0 Å². The van der Waals surface area contributed by atoms with E-state index in [4.69, 9.17) is 84.2 Å². The molecule has 0 aliphatic carbocycles. The van der Waals surface area contributed by atoms with E-state index >= 15 is 0 Å². The first-order chi connectivity index (χ1) is 62.5. The van der Waals surface area contributed by atoms with Gasteiger partial charge < -0.3 is 132 Å². The molecule has 0 radical (unpaired) electrons. The number of aliphatic carboxylic acids is 2. The van der Waals surface area contributed by atoms with Crippen LogP contribution in [0.25, 0.3) is 0 Å². The second-order valence-corrected chi connectivity index (χ2v) is 37.7. The Labute approximate surface area is 1040 Å².